The lowest BCUT2D eigenvalue weighted by Crippen LogP contribution is -2.33. The lowest BCUT2D eigenvalue weighted by molar-refractivity contribution is 0.502. The lowest BCUT2D eigenvalue weighted by Gasteiger charge is -2.32. The molecule has 0 unspecified atom stereocenters. The average molecular weight is 349 g/mol. The second kappa shape index (κ2) is 6.90. The molecule has 7 nitrogen and oxygen atoms in total. The molecule has 2 aromatic rings. The second-order valence-electron chi connectivity index (χ2n) is 5.95. The van der Waals surface area contributed by atoms with Crippen LogP contribution in [0.4, 0.5) is 5.82 Å². The van der Waals surface area contributed by atoms with E-state index in [0.29, 0.717) is 5.92 Å². The van der Waals surface area contributed by atoms with Crippen molar-refractivity contribution in [1.29, 1.82) is 0 Å². The Labute approximate surface area is 142 Å². The molecule has 0 saturated carbocycles. The number of nitrogens with zero attached hydrogens (tertiary/aromatic N) is 4. The fourth-order valence-corrected chi connectivity index (χ4v) is 3.72. The smallest absolute Gasteiger partial charge is 0.241 e. The van der Waals surface area contributed by atoms with Crippen molar-refractivity contribution in [3.8, 4) is 0 Å². The van der Waals surface area contributed by atoms with E-state index in [2.05, 4.69) is 32.8 Å². The fraction of sp³-hybridized carbons (Fsp3) is 0.500. The van der Waals surface area contributed by atoms with Crippen LogP contribution in [-0.2, 0) is 16.6 Å². The van der Waals surface area contributed by atoms with Crippen LogP contribution in [0.15, 0.2) is 35.6 Å². The van der Waals surface area contributed by atoms with E-state index in [0.717, 1.165) is 38.3 Å². The molecule has 0 amide bonds. The molecule has 1 saturated heterocycles. The molecule has 1 aliphatic rings. The van der Waals surface area contributed by atoms with Gasteiger partial charge in [-0.3, -0.25) is 4.68 Å². The summed E-state index contributed by atoms with van der Waals surface area (Å²) in [7, 11) is -2.03. The largest absolute Gasteiger partial charge is 0.357 e. The zero-order valence-electron chi connectivity index (χ0n) is 14.0. The Morgan fingerprint density at radius 2 is 2.00 bits per heavy atom. The zero-order valence-corrected chi connectivity index (χ0v) is 14.8. The van der Waals surface area contributed by atoms with Crippen molar-refractivity contribution >= 4 is 15.8 Å². The number of nitrogens with one attached hydrogen (secondary N) is 1. The highest BCUT2D eigenvalue weighted by atomic mass is 32.2. The highest BCUT2D eigenvalue weighted by Gasteiger charge is 2.23. The molecule has 0 spiro atoms. The van der Waals surface area contributed by atoms with Crippen LogP contribution in [-0.4, -0.2) is 43.3 Å². The Morgan fingerprint density at radius 1 is 1.25 bits per heavy atom. The predicted molar refractivity (Wildman–Crippen MR) is 92.6 cm³/mol. The van der Waals surface area contributed by atoms with Crippen LogP contribution in [0.25, 0.3) is 0 Å². The third-order valence-electron chi connectivity index (χ3n) is 4.57. The summed E-state index contributed by atoms with van der Waals surface area (Å²) in [5.41, 5.74) is 1.31. The number of rotatable bonds is 5. The molecular weight excluding hydrogens is 326 g/mol. The molecule has 130 valence electrons. The minimum absolute atomic E-state index is 0.190. The minimum atomic E-state index is -3.43. The van der Waals surface area contributed by atoms with Crippen LogP contribution < -0.4 is 9.62 Å². The molecule has 0 atom stereocenters. The van der Waals surface area contributed by atoms with E-state index >= 15 is 0 Å². The summed E-state index contributed by atoms with van der Waals surface area (Å²) in [6, 6.07) is 3.38. The molecule has 0 aromatic carbocycles. The molecule has 1 N–H and O–H groups in total. The first-order valence-corrected chi connectivity index (χ1v) is 9.68. The molecular formula is C16H23N5O2S. The fourth-order valence-electron chi connectivity index (χ4n) is 3.04. The van der Waals surface area contributed by atoms with Gasteiger partial charge in [0.05, 0.1) is 6.20 Å². The maximum atomic E-state index is 11.7. The number of aryl methyl sites for hydroxylation is 1. The molecule has 0 bridgehead atoms. The van der Waals surface area contributed by atoms with Crippen molar-refractivity contribution in [3.05, 3.63) is 36.3 Å². The number of pyridine rings is 1. The standard InChI is InChI=1S/C16H23N5O2S/c1-3-21-12-14(10-19-21)13-6-8-20(9-7-13)16-5-4-15(11-18-16)24(22,23)17-2/h4-5,10-13,17H,3,6-9H2,1-2H3. The van der Waals surface area contributed by atoms with Gasteiger partial charge in [-0.05, 0) is 50.4 Å². The summed E-state index contributed by atoms with van der Waals surface area (Å²) in [5, 5.41) is 4.36. The Balaban J connectivity index is 1.64. The number of sulfonamides is 1. The van der Waals surface area contributed by atoms with Gasteiger partial charge < -0.3 is 4.90 Å². The summed E-state index contributed by atoms with van der Waals surface area (Å²) < 4.78 is 27.7. The SMILES string of the molecule is CCn1cc(C2CCN(c3ccc(S(=O)(=O)NC)cn3)CC2)cn1. The molecule has 0 radical (unpaired) electrons. The van der Waals surface area contributed by atoms with Gasteiger partial charge in [0, 0.05) is 32.0 Å². The van der Waals surface area contributed by atoms with E-state index in [1.807, 2.05) is 10.9 Å². The third-order valence-corrected chi connectivity index (χ3v) is 5.97. The van der Waals surface area contributed by atoms with Crippen LogP contribution in [0.5, 0.6) is 0 Å². The summed E-state index contributed by atoms with van der Waals surface area (Å²) in [6.07, 6.45) is 7.62. The monoisotopic (exact) mass is 349 g/mol. The molecule has 1 fully saturated rings. The first-order valence-electron chi connectivity index (χ1n) is 8.20. The number of anilines is 1. The van der Waals surface area contributed by atoms with Gasteiger partial charge in [0.15, 0.2) is 0 Å². The van der Waals surface area contributed by atoms with Crippen molar-refractivity contribution in [1.82, 2.24) is 19.5 Å². The minimum Gasteiger partial charge on any atom is -0.357 e. The van der Waals surface area contributed by atoms with Crippen molar-refractivity contribution < 1.29 is 8.42 Å². The molecule has 3 rings (SSSR count). The molecule has 8 heteroatoms. The molecule has 3 heterocycles. The number of aromatic nitrogens is 3. The van der Waals surface area contributed by atoms with Crippen LogP contribution in [0, 0.1) is 0 Å². The van der Waals surface area contributed by atoms with E-state index < -0.39 is 10.0 Å². The topological polar surface area (TPSA) is 80.1 Å². The summed E-state index contributed by atoms with van der Waals surface area (Å²) in [4.78, 5) is 6.72. The average Bonchev–Trinajstić information content (AvgIpc) is 3.11. The first-order chi connectivity index (χ1) is 11.5. The Kier molecular flexibility index (Phi) is 4.86. The van der Waals surface area contributed by atoms with E-state index in [9.17, 15) is 8.42 Å². The Bertz CT molecular complexity index is 777. The van der Waals surface area contributed by atoms with Crippen molar-refractivity contribution in [2.75, 3.05) is 25.0 Å². The predicted octanol–water partition coefficient (Wildman–Crippen LogP) is 1.59. The van der Waals surface area contributed by atoms with Crippen molar-refractivity contribution in [2.24, 2.45) is 0 Å². The molecule has 0 aliphatic carbocycles. The Hall–Kier alpha value is -1.93. The van der Waals surface area contributed by atoms with Crippen LogP contribution in [0.3, 0.4) is 0 Å². The number of hydrogen-bond donors (Lipinski definition) is 1. The lowest BCUT2D eigenvalue weighted by atomic mass is 9.91. The molecule has 2 aromatic heterocycles. The highest BCUT2D eigenvalue weighted by molar-refractivity contribution is 7.89. The third kappa shape index (κ3) is 3.44. The van der Waals surface area contributed by atoms with Gasteiger partial charge in [-0.1, -0.05) is 0 Å². The normalized spacial score (nSPS) is 16.5. The van der Waals surface area contributed by atoms with E-state index in [1.54, 1.807) is 12.1 Å². The van der Waals surface area contributed by atoms with Crippen LogP contribution in [0.2, 0.25) is 0 Å². The number of piperidine rings is 1. The van der Waals surface area contributed by atoms with Gasteiger partial charge in [0.1, 0.15) is 10.7 Å². The molecule has 24 heavy (non-hydrogen) atoms. The summed E-state index contributed by atoms with van der Waals surface area (Å²) in [5.74, 6) is 1.36. The van der Waals surface area contributed by atoms with Gasteiger partial charge >= 0.3 is 0 Å². The summed E-state index contributed by atoms with van der Waals surface area (Å²) >= 11 is 0. The van der Waals surface area contributed by atoms with Gasteiger partial charge in [-0.15, -0.1) is 0 Å². The quantitative estimate of drug-likeness (QED) is 0.887. The highest BCUT2D eigenvalue weighted by Crippen LogP contribution is 2.29. The van der Waals surface area contributed by atoms with Crippen LogP contribution in [0.1, 0.15) is 31.2 Å². The van der Waals surface area contributed by atoms with Gasteiger partial charge in [-0.25, -0.2) is 18.1 Å². The number of hydrogen-bond acceptors (Lipinski definition) is 5. The van der Waals surface area contributed by atoms with E-state index in [4.69, 9.17) is 0 Å². The van der Waals surface area contributed by atoms with Gasteiger partial charge in [-0.2, -0.15) is 5.10 Å². The van der Waals surface area contributed by atoms with E-state index in [1.165, 1.54) is 18.8 Å². The maximum absolute atomic E-state index is 11.7. The van der Waals surface area contributed by atoms with Gasteiger partial charge in [0.25, 0.3) is 0 Å². The Morgan fingerprint density at radius 3 is 2.54 bits per heavy atom. The van der Waals surface area contributed by atoms with Crippen molar-refractivity contribution in [3.63, 3.8) is 0 Å². The first kappa shape index (κ1) is 16.9. The van der Waals surface area contributed by atoms with Crippen molar-refractivity contribution in [2.45, 2.75) is 37.1 Å². The second-order valence-corrected chi connectivity index (χ2v) is 7.84. The maximum Gasteiger partial charge on any atom is 0.241 e. The molecule has 1 aliphatic heterocycles. The summed E-state index contributed by atoms with van der Waals surface area (Å²) in [6.45, 7) is 4.80. The zero-order chi connectivity index (χ0) is 17.2. The van der Waals surface area contributed by atoms with Gasteiger partial charge in [0.2, 0.25) is 10.0 Å². The van der Waals surface area contributed by atoms with Crippen LogP contribution >= 0.6 is 0 Å². The van der Waals surface area contributed by atoms with E-state index in [-0.39, 0.29) is 4.90 Å².